The van der Waals surface area contributed by atoms with Gasteiger partial charge < -0.3 is 10.3 Å². The number of anilines is 1. The van der Waals surface area contributed by atoms with Crippen LogP contribution in [0.5, 0.6) is 0 Å². The van der Waals surface area contributed by atoms with Crippen LogP contribution in [0.15, 0.2) is 18.3 Å². The van der Waals surface area contributed by atoms with Gasteiger partial charge in [0.1, 0.15) is 0 Å². The predicted octanol–water partition coefficient (Wildman–Crippen LogP) is 1.49. The fourth-order valence-corrected chi connectivity index (χ4v) is 1.68. The van der Waals surface area contributed by atoms with E-state index in [0.717, 1.165) is 0 Å². The van der Waals surface area contributed by atoms with Crippen LogP contribution in [0.2, 0.25) is 0 Å². The molecule has 3 N–H and O–H groups in total. The summed E-state index contributed by atoms with van der Waals surface area (Å²) in [7, 11) is 1.78. The summed E-state index contributed by atoms with van der Waals surface area (Å²) in [5, 5.41) is 0. The summed E-state index contributed by atoms with van der Waals surface area (Å²) < 4.78 is 0. The molecule has 1 rings (SSSR count). The molecule has 1 aromatic heterocycles. The van der Waals surface area contributed by atoms with E-state index in [1.807, 2.05) is 0 Å². The molecule has 0 spiro atoms. The Hall–Kier alpha value is -1.62. The summed E-state index contributed by atoms with van der Waals surface area (Å²) >= 11 is 0. The van der Waals surface area contributed by atoms with Crippen LogP contribution < -0.4 is 11.3 Å². The number of amides is 1. The number of aromatic nitrogens is 1. The van der Waals surface area contributed by atoms with Gasteiger partial charge in [-0.2, -0.15) is 0 Å². The zero-order valence-electron chi connectivity index (χ0n) is 10.8. The third-order valence-corrected chi connectivity index (χ3v) is 2.23. The highest BCUT2D eigenvalue weighted by atomic mass is 16.2. The fraction of sp³-hybridized carbons (Fsp3) is 0.500. The molecule has 0 radical (unpaired) electrons. The highest BCUT2D eigenvalue weighted by molar-refractivity contribution is 5.98. The van der Waals surface area contributed by atoms with Crippen molar-refractivity contribution in [3.8, 4) is 0 Å². The number of nitrogens with two attached hydrogens (primary N) is 1. The van der Waals surface area contributed by atoms with Crippen molar-refractivity contribution in [2.24, 2.45) is 11.3 Å². The molecule has 0 aliphatic heterocycles. The van der Waals surface area contributed by atoms with Crippen molar-refractivity contribution in [3.05, 3.63) is 23.9 Å². The van der Waals surface area contributed by atoms with Gasteiger partial charge in [-0.3, -0.25) is 4.79 Å². The van der Waals surface area contributed by atoms with Gasteiger partial charge in [-0.25, -0.2) is 10.8 Å². The zero-order chi connectivity index (χ0) is 13.1. The van der Waals surface area contributed by atoms with Crippen LogP contribution in [0, 0.1) is 5.41 Å². The van der Waals surface area contributed by atoms with Crippen molar-refractivity contribution in [2.75, 3.05) is 19.0 Å². The molecule has 0 saturated heterocycles. The maximum Gasteiger partial charge on any atom is 0.257 e. The number of pyridine rings is 1. The van der Waals surface area contributed by atoms with Crippen molar-refractivity contribution in [3.63, 3.8) is 0 Å². The van der Waals surface area contributed by atoms with Crippen LogP contribution in [0.4, 0.5) is 5.82 Å². The Morgan fingerprint density at radius 3 is 2.71 bits per heavy atom. The summed E-state index contributed by atoms with van der Waals surface area (Å²) in [6.07, 6.45) is 1.59. The third kappa shape index (κ3) is 3.71. The van der Waals surface area contributed by atoms with E-state index in [1.165, 1.54) is 0 Å². The average Bonchev–Trinajstić information content (AvgIpc) is 2.25. The van der Waals surface area contributed by atoms with Crippen LogP contribution in [-0.2, 0) is 0 Å². The standard InChI is InChI=1S/C12H20N4O/c1-12(2,3)8-16(4)11(17)9-6-5-7-14-10(9)15-13/h5-7H,8,13H2,1-4H3,(H,14,15). The summed E-state index contributed by atoms with van der Waals surface area (Å²) in [6, 6.07) is 3.43. The van der Waals surface area contributed by atoms with Crippen LogP contribution in [0.25, 0.3) is 0 Å². The molecule has 0 aliphatic carbocycles. The third-order valence-electron chi connectivity index (χ3n) is 2.23. The molecule has 0 fully saturated rings. The number of nitrogen functional groups attached to an aromatic ring is 1. The van der Waals surface area contributed by atoms with Gasteiger partial charge in [-0.15, -0.1) is 0 Å². The Bertz CT molecular complexity index is 398. The molecule has 5 heteroatoms. The second kappa shape index (κ2) is 5.14. The number of hydrogen-bond acceptors (Lipinski definition) is 4. The van der Waals surface area contributed by atoms with Crippen molar-refractivity contribution >= 4 is 11.7 Å². The first-order valence-corrected chi connectivity index (χ1v) is 5.52. The summed E-state index contributed by atoms with van der Waals surface area (Å²) in [4.78, 5) is 17.9. The van der Waals surface area contributed by atoms with E-state index >= 15 is 0 Å². The van der Waals surface area contributed by atoms with E-state index in [9.17, 15) is 4.79 Å². The molecule has 0 aromatic carbocycles. The molecular formula is C12H20N4O. The topological polar surface area (TPSA) is 71.2 Å². The highest BCUT2D eigenvalue weighted by Gasteiger charge is 2.20. The summed E-state index contributed by atoms with van der Waals surface area (Å²) in [6.45, 7) is 6.93. The highest BCUT2D eigenvalue weighted by Crippen LogP contribution is 2.18. The minimum absolute atomic E-state index is 0.0585. The number of nitrogens with one attached hydrogen (secondary N) is 1. The first-order valence-electron chi connectivity index (χ1n) is 5.52. The molecule has 0 atom stereocenters. The van der Waals surface area contributed by atoms with E-state index < -0.39 is 0 Å². The van der Waals surface area contributed by atoms with Gasteiger partial charge in [0.25, 0.3) is 5.91 Å². The molecule has 1 aromatic rings. The molecule has 94 valence electrons. The predicted molar refractivity (Wildman–Crippen MR) is 68.5 cm³/mol. The average molecular weight is 236 g/mol. The maximum atomic E-state index is 12.2. The number of carbonyl (C=O) groups excluding carboxylic acids is 1. The quantitative estimate of drug-likeness (QED) is 0.616. The van der Waals surface area contributed by atoms with E-state index in [4.69, 9.17) is 5.84 Å². The first-order chi connectivity index (χ1) is 7.85. The molecule has 0 unspecified atom stereocenters. The number of hydrogen-bond donors (Lipinski definition) is 2. The lowest BCUT2D eigenvalue weighted by Crippen LogP contribution is -2.35. The normalized spacial score (nSPS) is 11.1. The van der Waals surface area contributed by atoms with Gasteiger partial charge in [0.05, 0.1) is 5.56 Å². The monoisotopic (exact) mass is 236 g/mol. The Labute approximate surface area is 102 Å². The Balaban J connectivity index is 2.89. The number of rotatable bonds is 3. The molecule has 5 nitrogen and oxygen atoms in total. The second-order valence-electron chi connectivity index (χ2n) is 5.27. The molecule has 1 heterocycles. The minimum Gasteiger partial charge on any atom is -0.341 e. The van der Waals surface area contributed by atoms with Gasteiger partial charge in [-0.05, 0) is 17.5 Å². The SMILES string of the molecule is CN(CC(C)(C)C)C(=O)c1cccnc1NN. The van der Waals surface area contributed by atoms with Crippen molar-refractivity contribution in [1.29, 1.82) is 0 Å². The Morgan fingerprint density at radius 1 is 1.53 bits per heavy atom. The van der Waals surface area contributed by atoms with Crippen LogP contribution >= 0.6 is 0 Å². The van der Waals surface area contributed by atoms with Crippen molar-refractivity contribution in [1.82, 2.24) is 9.88 Å². The molecule has 0 aliphatic rings. The van der Waals surface area contributed by atoms with Gasteiger partial charge in [0.15, 0.2) is 5.82 Å². The zero-order valence-corrected chi connectivity index (χ0v) is 10.8. The molecule has 0 saturated carbocycles. The maximum absolute atomic E-state index is 12.2. The Morgan fingerprint density at radius 2 is 2.18 bits per heavy atom. The van der Waals surface area contributed by atoms with Gasteiger partial charge in [0, 0.05) is 19.8 Å². The van der Waals surface area contributed by atoms with E-state index in [2.05, 4.69) is 31.2 Å². The van der Waals surface area contributed by atoms with E-state index in [0.29, 0.717) is 17.9 Å². The lowest BCUT2D eigenvalue weighted by molar-refractivity contribution is 0.0746. The van der Waals surface area contributed by atoms with Crippen LogP contribution in [0.1, 0.15) is 31.1 Å². The van der Waals surface area contributed by atoms with E-state index in [-0.39, 0.29) is 11.3 Å². The number of hydrazine groups is 1. The summed E-state index contributed by atoms with van der Waals surface area (Å²) in [5.74, 6) is 5.65. The van der Waals surface area contributed by atoms with Crippen LogP contribution in [0.3, 0.4) is 0 Å². The second-order valence-corrected chi connectivity index (χ2v) is 5.27. The first kappa shape index (κ1) is 13.4. The summed E-state index contributed by atoms with van der Waals surface area (Å²) in [5.41, 5.74) is 2.98. The van der Waals surface area contributed by atoms with E-state index in [1.54, 1.807) is 30.3 Å². The number of nitrogens with zero attached hydrogens (tertiary/aromatic N) is 2. The van der Waals surface area contributed by atoms with Crippen LogP contribution in [-0.4, -0.2) is 29.4 Å². The van der Waals surface area contributed by atoms with Gasteiger partial charge >= 0.3 is 0 Å². The molecule has 1 amide bonds. The number of carbonyl (C=O) groups is 1. The Kier molecular flexibility index (Phi) is 4.07. The minimum atomic E-state index is -0.0824. The van der Waals surface area contributed by atoms with Crippen molar-refractivity contribution < 1.29 is 4.79 Å². The van der Waals surface area contributed by atoms with Gasteiger partial charge in [0.2, 0.25) is 0 Å². The lowest BCUT2D eigenvalue weighted by atomic mass is 9.96. The van der Waals surface area contributed by atoms with Gasteiger partial charge in [-0.1, -0.05) is 20.8 Å². The fourth-order valence-electron chi connectivity index (χ4n) is 1.68. The molecule has 0 bridgehead atoms. The van der Waals surface area contributed by atoms with Crippen molar-refractivity contribution in [2.45, 2.75) is 20.8 Å². The molecule has 17 heavy (non-hydrogen) atoms. The smallest absolute Gasteiger partial charge is 0.257 e. The molecular weight excluding hydrogens is 216 g/mol. The largest absolute Gasteiger partial charge is 0.341 e. The lowest BCUT2D eigenvalue weighted by Gasteiger charge is -2.27.